The summed E-state index contributed by atoms with van der Waals surface area (Å²) in [5.41, 5.74) is -0.871. The van der Waals surface area contributed by atoms with E-state index in [1.807, 2.05) is 0 Å². The minimum absolute atomic E-state index is 0.0708. The largest absolute Gasteiger partial charge is 0.480 e. The van der Waals surface area contributed by atoms with E-state index in [0.717, 1.165) is 0 Å². The number of aliphatic carboxylic acids is 1. The molecule has 1 saturated heterocycles. The van der Waals surface area contributed by atoms with Gasteiger partial charge in [0, 0.05) is 12.4 Å². The Morgan fingerprint density at radius 2 is 2.27 bits per heavy atom. The Morgan fingerprint density at radius 1 is 1.53 bits per heavy atom. The predicted molar refractivity (Wildman–Crippen MR) is 50.3 cm³/mol. The zero-order valence-electron chi connectivity index (χ0n) is 7.82. The molecule has 6 heteroatoms. The molecule has 0 bridgehead atoms. The number of carbonyl (C=O) groups excluding carboxylic acids is 1. The molecule has 3 N–H and O–H groups in total. The molecule has 80 valence electrons. The fourth-order valence-corrected chi connectivity index (χ4v) is 1.31. The summed E-state index contributed by atoms with van der Waals surface area (Å²) in [6.07, 6.45) is 3.22. The third-order valence-corrected chi connectivity index (χ3v) is 2.40. The maximum absolute atomic E-state index is 11.7. The van der Waals surface area contributed by atoms with Gasteiger partial charge in [-0.2, -0.15) is 0 Å². The molecule has 0 aromatic carbocycles. The van der Waals surface area contributed by atoms with Gasteiger partial charge in [0.05, 0.1) is 18.9 Å². The van der Waals surface area contributed by atoms with Crippen molar-refractivity contribution in [1.82, 2.24) is 4.98 Å². The van der Waals surface area contributed by atoms with Gasteiger partial charge < -0.3 is 20.1 Å². The number of ether oxygens (including phenoxy) is 1. The maximum atomic E-state index is 11.7. The summed E-state index contributed by atoms with van der Waals surface area (Å²) in [5, 5.41) is 11.4. The second kappa shape index (κ2) is 3.39. The molecule has 0 unspecified atom stereocenters. The maximum Gasteiger partial charge on any atom is 0.324 e. The molecule has 1 amide bonds. The van der Waals surface area contributed by atoms with E-state index in [2.05, 4.69) is 10.3 Å². The van der Waals surface area contributed by atoms with Crippen LogP contribution >= 0.6 is 0 Å². The van der Waals surface area contributed by atoms with Gasteiger partial charge in [-0.1, -0.05) is 0 Å². The topological polar surface area (TPSA) is 91.4 Å². The van der Waals surface area contributed by atoms with Crippen LogP contribution in [0.5, 0.6) is 0 Å². The number of hydrogen-bond acceptors (Lipinski definition) is 3. The van der Waals surface area contributed by atoms with E-state index in [-0.39, 0.29) is 13.2 Å². The number of amides is 1. The van der Waals surface area contributed by atoms with Gasteiger partial charge in [-0.25, -0.2) is 0 Å². The third-order valence-electron chi connectivity index (χ3n) is 2.40. The van der Waals surface area contributed by atoms with Crippen LogP contribution in [-0.4, -0.2) is 35.2 Å². The Morgan fingerprint density at radius 3 is 2.67 bits per heavy atom. The first-order valence-electron chi connectivity index (χ1n) is 4.40. The van der Waals surface area contributed by atoms with Gasteiger partial charge in [0.15, 0.2) is 5.41 Å². The Kier molecular flexibility index (Phi) is 2.20. The van der Waals surface area contributed by atoms with Gasteiger partial charge in [-0.05, 0) is 6.07 Å². The standard InChI is InChI=1S/C9H10N2O4/c12-7(11-6-1-2-10-3-6)9(8(13)14)4-15-5-9/h1-3,10H,4-5H2,(H,11,12)(H,13,14). The van der Waals surface area contributed by atoms with Crippen LogP contribution < -0.4 is 5.32 Å². The van der Waals surface area contributed by atoms with Gasteiger partial charge in [0.1, 0.15) is 0 Å². The van der Waals surface area contributed by atoms with E-state index in [4.69, 9.17) is 9.84 Å². The number of aromatic nitrogens is 1. The lowest BCUT2D eigenvalue weighted by atomic mass is 9.85. The molecule has 0 spiro atoms. The summed E-state index contributed by atoms with van der Waals surface area (Å²) in [6.45, 7) is -0.142. The predicted octanol–water partition coefficient (Wildman–Crippen LogP) is 0.0544. The van der Waals surface area contributed by atoms with Crippen molar-refractivity contribution in [3.05, 3.63) is 18.5 Å². The van der Waals surface area contributed by atoms with Crippen LogP contribution in [0.25, 0.3) is 0 Å². The molecule has 15 heavy (non-hydrogen) atoms. The second-order valence-corrected chi connectivity index (χ2v) is 3.43. The molecule has 0 radical (unpaired) electrons. The SMILES string of the molecule is O=C(O)C1(C(=O)Nc2cc[nH]c2)COC1. The van der Waals surface area contributed by atoms with Crippen molar-refractivity contribution in [2.45, 2.75) is 0 Å². The van der Waals surface area contributed by atoms with Crippen molar-refractivity contribution in [3.63, 3.8) is 0 Å². The van der Waals surface area contributed by atoms with Crippen molar-refractivity contribution >= 4 is 17.6 Å². The summed E-state index contributed by atoms with van der Waals surface area (Å²) in [4.78, 5) is 25.4. The number of carboxylic acid groups (broad SMARTS) is 1. The minimum Gasteiger partial charge on any atom is -0.480 e. The molecule has 1 aliphatic rings. The lowest BCUT2D eigenvalue weighted by Gasteiger charge is -2.35. The fourth-order valence-electron chi connectivity index (χ4n) is 1.31. The van der Waals surface area contributed by atoms with Gasteiger partial charge in [0.25, 0.3) is 0 Å². The smallest absolute Gasteiger partial charge is 0.324 e. The lowest BCUT2D eigenvalue weighted by molar-refractivity contribution is -0.182. The summed E-state index contributed by atoms with van der Waals surface area (Å²) in [6, 6.07) is 1.65. The molecule has 6 nitrogen and oxygen atoms in total. The van der Waals surface area contributed by atoms with Crippen LogP contribution in [0, 0.1) is 5.41 Å². The quantitative estimate of drug-likeness (QED) is 0.615. The van der Waals surface area contributed by atoms with Crippen molar-refractivity contribution in [2.75, 3.05) is 18.5 Å². The Labute approximate surface area is 85.2 Å². The first-order chi connectivity index (χ1) is 7.15. The average molecular weight is 210 g/mol. The number of anilines is 1. The Hall–Kier alpha value is -1.82. The molecule has 2 heterocycles. The normalized spacial score (nSPS) is 17.9. The molecular formula is C9H10N2O4. The molecule has 1 fully saturated rings. The van der Waals surface area contributed by atoms with Crippen LogP contribution in [0.2, 0.25) is 0 Å². The first-order valence-corrected chi connectivity index (χ1v) is 4.40. The van der Waals surface area contributed by atoms with Crippen LogP contribution in [-0.2, 0) is 14.3 Å². The van der Waals surface area contributed by atoms with E-state index < -0.39 is 17.3 Å². The van der Waals surface area contributed by atoms with E-state index >= 15 is 0 Å². The zero-order chi connectivity index (χ0) is 10.9. The number of carboxylic acids is 1. The Bertz CT molecular complexity index is 381. The van der Waals surface area contributed by atoms with Crippen LogP contribution in [0.15, 0.2) is 18.5 Å². The summed E-state index contributed by atoms with van der Waals surface area (Å²) >= 11 is 0. The van der Waals surface area contributed by atoms with Gasteiger partial charge >= 0.3 is 5.97 Å². The number of hydrogen-bond donors (Lipinski definition) is 3. The van der Waals surface area contributed by atoms with E-state index in [0.29, 0.717) is 5.69 Å². The highest BCUT2D eigenvalue weighted by molar-refractivity contribution is 6.09. The van der Waals surface area contributed by atoms with Gasteiger partial charge in [0.2, 0.25) is 5.91 Å². The molecule has 0 aliphatic carbocycles. The highest BCUT2D eigenvalue weighted by Crippen LogP contribution is 2.29. The van der Waals surface area contributed by atoms with Crippen molar-refractivity contribution in [1.29, 1.82) is 0 Å². The van der Waals surface area contributed by atoms with Gasteiger partial charge in [-0.15, -0.1) is 0 Å². The monoisotopic (exact) mass is 210 g/mol. The van der Waals surface area contributed by atoms with Crippen molar-refractivity contribution in [3.8, 4) is 0 Å². The molecule has 1 aromatic heterocycles. The summed E-state index contributed by atoms with van der Waals surface area (Å²) in [7, 11) is 0. The third kappa shape index (κ3) is 1.48. The van der Waals surface area contributed by atoms with Crippen molar-refractivity contribution < 1.29 is 19.4 Å². The number of H-pyrrole nitrogens is 1. The molecule has 2 rings (SSSR count). The molecule has 0 saturated carbocycles. The average Bonchev–Trinajstić information content (AvgIpc) is 2.53. The summed E-state index contributed by atoms with van der Waals surface area (Å²) in [5.74, 6) is -1.69. The number of rotatable bonds is 3. The highest BCUT2D eigenvalue weighted by atomic mass is 16.5. The van der Waals surface area contributed by atoms with Crippen molar-refractivity contribution in [2.24, 2.45) is 5.41 Å². The molecule has 1 aliphatic heterocycles. The second-order valence-electron chi connectivity index (χ2n) is 3.43. The first kappa shape index (κ1) is 9.72. The van der Waals surface area contributed by atoms with Gasteiger partial charge in [-0.3, -0.25) is 9.59 Å². The summed E-state index contributed by atoms with van der Waals surface area (Å²) < 4.78 is 4.79. The Balaban J connectivity index is 2.10. The molecular weight excluding hydrogens is 200 g/mol. The number of carbonyl (C=O) groups is 2. The molecule has 0 atom stereocenters. The van der Waals surface area contributed by atoms with Crippen LogP contribution in [0.1, 0.15) is 0 Å². The lowest BCUT2D eigenvalue weighted by Crippen LogP contribution is -2.57. The van der Waals surface area contributed by atoms with E-state index in [9.17, 15) is 9.59 Å². The zero-order valence-corrected chi connectivity index (χ0v) is 7.82. The van der Waals surface area contributed by atoms with E-state index in [1.165, 1.54) is 0 Å². The molecule has 1 aromatic rings. The van der Waals surface area contributed by atoms with E-state index in [1.54, 1.807) is 18.5 Å². The van der Waals surface area contributed by atoms with Crippen LogP contribution in [0.3, 0.4) is 0 Å². The fraction of sp³-hybridized carbons (Fsp3) is 0.333. The van der Waals surface area contributed by atoms with Crippen LogP contribution in [0.4, 0.5) is 5.69 Å². The highest BCUT2D eigenvalue weighted by Gasteiger charge is 2.53. The minimum atomic E-state index is -1.42. The number of nitrogens with one attached hydrogen (secondary N) is 2. The number of aromatic amines is 1.